The second-order valence-electron chi connectivity index (χ2n) is 24.0. The summed E-state index contributed by atoms with van der Waals surface area (Å²) in [5.41, 5.74) is -4.11. The number of Topliss-reactive ketones (excluding diaryl/α,β-unsaturated/α-hetero) is 1. The van der Waals surface area contributed by atoms with Crippen molar-refractivity contribution >= 4 is 83.9 Å². The smallest absolute Gasteiger partial charge is 0.360 e. The third-order valence-corrected chi connectivity index (χ3v) is 19.8. The van der Waals surface area contributed by atoms with Gasteiger partial charge >= 0.3 is 38.9 Å². The molecule has 0 aromatic heterocycles. The van der Waals surface area contributed by atoms with Gasteiger partial charge < -0.3 is 83.3 Å². The van der Waals surface area contributed by atoms with Crippen molar-refractivity contribution in [2.24, 2.45) is 29.6 Å². The number of amides is 2. The number of aromatic nitrogens is 1. The monoisotopic (exact) mass is 1310 g/mol. The average molecular weight is 1310 g/mol. The Morgan fingerprint density at radius 3 is 2.14 bits per heavy atom. The first-order valence-corrected chi connectivity index (χ1v) is 33.1. The molecular weight excluding hydrogens is 1230 g/mol. The van der Waals surface area contributed by atoms with E-state index in [0.29, 0.717) is 24.7 Å². The quantitative estimate of drug-likeness (QED) is 0.0141. The van der Waals surface area contributed by atoms with E-state index in [1.807, 2.05) is 0 Å². The van der Waals surface area contributed by atoms with Gasteiger partial charge in [-0.2, -0.15) is 0 Å². The summed E-state index contributed by atoms with van der Waals surface area (Å²) in [6.45, 7) is 19.6. The van der Waals surface area contributed by atoms with Crippen LogP contribution in [0.2, 0.25) is 0 Å². The topological polar surface area (TPSA) is 407 Å². The van der Waals surface area contributed by atoms with Gasteiger partial charge in [-0.1, -0.05) is 59.8 Å². The van der Waals surface area contributed by atoms with Crippen LogP contribution in [0.1, 0.15) is 110 Å². The molecule has 4 heterocycles. The predicted molar refractivity (Wildman–Crippen MR) is 330 cm³/mol. The van der Waals surface area contributed by atoms with E-state index in [9.17, 15) is 68.0 Å². The summed E-state index contributed by atoms with van der Waals surface area (Å²) >= 11 is 0. The highest BCUT2D eigenvalue weighted by Crippen LogP contribution is 2.58. The lowest BCUT2D eigenvalue weighted by atomic mass is 9.78. The zero-order valence-electron chi connectivity index (χ0n) is 52.5. The Bertz CT molecular complexity index is 3640. The SMILES string of the molecule is CO[C@H]1/C=C/O[C@@]2(C)Oc3c(C)c(O)c4c(=O)c(c5oc6cc(N7CCN(CC(C)C)CC7)cc(O)c6nc-5c4c3C2=O)NC(=O)/C(C)=C\C=C\[C@H](C)[C@H](OC(=O)CCCOC(=O)CCCC(=O)NC(P(=O)(O)O)P(=O)(O)O)[C@@H](C)[C@@H](O)[C@@H](C)[C@H](OC(C)=O)[C@@H]1C. The largest absolute Gasteiger partial charge is 0.507 e. The van der Waals surface area contributed by atoms with Gasteiger partial charge in [0.25, 0.3) is 11.7 Å². The van der Waals surface area contributed by atoms with Crippen molar-refractivity contribution in [2.45, 2.75) is 137 Å². The predicted octanol–water partition coefficient (Wildman–Crippen LogP) is 6.23. The molecule has 2 aromatic rings. The van der Waals surface area contributed by atoms with Crippen LogP contribution < -0.4 is 25.7 Å². The standard InChI is InChI=1S/C61H81N5O23P2/c1-30(2)29-65-21-23-66(24-22-65)38-27-39(68)48-41(28-38)87-57-49(63-48)45-46-52(73)36(8)56-47(45)58(75)61(10,89-56)85-26-20-40(83-11)33(5)55(86-37(9)67)35(7)51(72)34(6)54(31(3)15-12-16-32(4)59(76)64-50(57)53(46)74)88-44(71)19-14-25-84-43(70)18-13-17-42(69)62-60(90(77,78)79)91(80,81)82/h12,15-16,20,26-28,30-31,33-35,40,51,54-55,60,68,72-73H,13-14,17-19,21-25,29H2,1-11H3,(H,62,69)(H,64,76)(H2,77,78,79)(H2,80,81,82)/b15-12+,26-20+,32-16-/t31-,33+,34-,35+,40-,51+,54-,55+,61-/m0/s1. The van der Waals surface area contributed by atoms with E-state index in [1.54, 1.807) is 45.2 Å². The summed E-state index contributed by atoms with van der Waals surface area (Å²) in [7, 11) is -9.53. The number of methoxy groups -OCH3 is 1. The highest BCUT2D eigenvalue weighted by molar-refractivity contribution is 7.70. The summed E-state index contributed by atoms with van der Waals surface area (Å²) in [6, 6.07) is 3.19. The zero-order chi connectivity index (χ0) is 67.4. The Kier molecular flexibility index (Phi) is 22.8. The minimum absolute atomic E-state index is 0.0150. The first-order valence-electron chi connectivity index (χ1n) is 29.8. The Morgan fingerprint density at radius 1 is 0.868 bits per heavy atom. The first-order chi connectivity index (χ1) is 42.6. The lowest BCUT2D eigenvalue weighted by Crippen LogP contribution is -2.47. The molecule has 5 aliphatic rings. The third-order valence-electron chi connectivity index (χ3n) is 16.5. The van der Waals surface area contributed by atoms with Crippen LogP contribution in [-0.2, 0) is 56.8 Å². The molecule has 1 aliphatic carbocycles. The summed E-state index contributed by atoms with van der Waals surface area (Å²) in [5.74, 6) is -11.6. The molecule has 91 heavy (non-hydrogen) atoms. The van der Waals surface area contributed by atoms with Gasteiger partial charge in [0.15, 0.2) is 11.3 Å². The Morgan fingerprint density at radius 2 is 1.52 bits per heavy atom. The van der Waals surface area contributed by atoms with Crippen molar-refractivity contribution < 1.29 is 106 Å². The molecule has 0 unspecified atom stereocenters. The van der Waals surface area contributed by atoms with Crippen molar-refractivity contribution in [3.63, 3.8) is 0 Å². The average Bonchev–Trinajstić information content (AvgIpc) is 1.67. The molecule has 1 fully saturated rings. The molecule has 4 aliphatic heterocycles. The molecule has 9 atom stereocenters. The van der Waals surface area contributed by atoms with Gasteiger partial charge in [0.05, 0.1) is 36.0 Å². The van der Waals surface area contributed by atoms with E-state index in [4.69, 9.17) is 37.8 Å². The Labute approximate surface area is 524 Å². The van der Waals surface area contributed by atoms with Crippen LogP contribution in [0, 0.1) is 36.5 Å². The minimum atomic E-state index is -5.45. The number of carbonyl (C=O) groups excluding carboxylic acids is 6. The first kappa shape index (κ1) is 71.2. The zero-order valence-corrected chi connectivity index (χ0v) is 54.3. The summed E-state index contributed by atoms with van der Waals surface area (Å²) in [6.07, 6.45) is 0.908. The van der Waals surface area contributed by atoms with Crippen LogP contribution in [0.4, 0.5) is 11.4 Å². The van der Waals surface area contributed by atoms with Gasteiger partial charge in [0.2, 0.25) is 16.9 Å². The van der Waals surface area contributed by atoms with E-state index in [-0.39, 0.29) is 88.4 Å². The molecule has 30 heteroatoms. The molecule has 0 radical (unpaired) electrons. The number of piperazine rings is 1. The Balaban J connectivity index is 1.24. The molecule has 1 saturated heterocycles. The second kappa shape index (κ2) is 29.1. The van der Waals surface area contributed by atoms with Gasteiger partial charge in [0.1, 0.15) is 46.4 Å². The number of rotatable bonds is 17. The highest BCUT2D eigenvalue weighted by atomic mass is 31.2. The molecule has 498 valence electrons. The number of aromatic hydroxyl groups is 2. The van der Waals surface area contributed by atoms with E-state index in [1.165, 1.54) is 59.1 Å². The van der Waals surface area contributed by atoms with Crippen LogP contribution in [0.15, 0.2) is 57.5 Å². The molecule has 2 aromatic carbocycles. The number of fused-ring (bicyclic) bond motifs is 2. The van der Waals surface area contributed by atoms with Crippen molar-refractivity contribution in [1.29, 1.82) is 0 Å². The van der Waals surface area contributed by atoms with Crippen LogP contribution >= 0.6 is 15.2 Å². The number of benzene rings is 3. The number of aliphatic hydroxyl groups excluding tert-OH is 1. The maximum atomic E-state index is 15.1. The van der Waals surface area contributed by atoms with Crippen molar-refractivity contribution in [2.75, 3.05) is 56.7 Å². The summed E-state index contributed by atoms with van der Waals surface area (Å²) in [4.78, 5) is 142. The highest BCUT2D eigenvalue weighted by Gasteiger charge is 2.51. The summed E-state index contributed by atoms with van der Waals surface area (Å²) in [5, 5.41) is 39.6. The molecule has 28 nitrogen and oxygen atoms in total. The Hall–Kier alpha value is -7.26. The van der Waals surface area contributed by atoms with Gasteiger partial charge in [-0.05, 0) is 38.7 Å². The summed E-state index contributed by atoms with van der Waals surface area (Å²) < 4.78 is 65.0. The van der Waals surface area contributed by atoms with Crippen LogP contribution in [-0.4, -0.2) is 162 Å². The molecule has 0 spiro atoms. The number of hydrogen-bond donors (Lipinski definition) is 9. The number of anilines is 2. The maximum absolute atomic E-state index is 15.1. The molecule has 4 bridgehead atoms. The van der Waals surface area contributed by atoms with E-state index < -0.39 is 139 Å². The number of esters is 3. The van der Waals surface area contributed by atoms with Crippen LogP contribution in [0.5, 0.6) is 17.2 Å². The van der Waals surface area contributed by atoms with Crippen molar-refractivity contribution in [3.8, 4) is 28.7 Å². The number of ether oxygens (including phenoxy) is 6. The minimum Gasteiger partial charge on any atom is -0.507 e. The van der Waals surface area contributed by atoms with Gasteiger partial charge in [-0.15, -0.1) is 0 Å². The molecule has 2 amide bonds. The third kappa shape index (κ3) is 16.3. The number of allylic oxidation sites excluding steroid dienone is 2. The number of aliphatic hydroxyl groups is 1. The lowest BCUT2D eigenvalue weighted by molar-refractivity contribution is -0.166. The number of nitrogens with zero attached hydrogens (tertiary/aromatic N) is 3. The molecule has 0 saturated carbocycles. The van der Waals surface area contributed by atoms with E-state index in [0.717, 1.165) is 25.9 Å². The maximum Gasteiger partial charge on any atom is 0.360 e. The van der Waals surface area contributed by atoms with E-state index >= 15 is 9.59 Å². The number of phenols is 2. The van der Waals surface area contributed by atoms with Gasteiger partial charge in [-0.25, -0.2) is 4.98 Å². The lowest BCUT2D eigenvalue weighted by Gasteiger charge is -2.39. The van der Waals surface area contributed by atoms with Gasteiger partial charge in [0, 0.05) is 131 Å². The molecule has 7 rings (SSSR count). The molecular formula is C61H81N5O23P2. The van der Waals surface area contributed by atoms with Crippen LogP contribution in [0.3, 0.4) is 0 Å². The fraction of sp³-hybridized carbons (Fsp3) is 0.541. The van der Waals surface area contributed by atoms with Gasteiger partial charge in [-0.3, -0.25) is 47.6 Å². The number of carbonyl (C=O) groups is 6. The van der Waals surface area contributed by atoms with E-state index in [2.05, 4.69) is 29.0 Å². The number of hydrogen-bond acceptors (Lipinski definition) is 22. The number of nitrogens with one attached hydrogen (secondary N) is 2. The fourth-order valence-electron chi connectivity index (χ4n) is 11.6. The van der Waals surface area contributed by atoms with Crippen LogP contribution in [0.25, 0.3) is 33.3 Å². The second-order valence-corrected chi connectivity index (χ2v) is 27.8. The number of ketones is 1. The fourth-order valence-corrected chi connectivity index (χ4v) is 13.8. The number of phenolic OH excluding ortho intramolecular Hbond substituents is 2. The van der Waals surface area contributed by atoms with Crippen molar-refractivity contribution in [1.82, 2.24) is 15.2 Å². The van der Waals surface area contributed by atoms with Crippen molar-refractivity contribution in [3.05, 3.63) is 69.6 Å². The normalized spacial score (nSPS) is 25.3. The molecule has 9 N–H and O–H groups in total.